The summed E-state index contributed by atoms with van der Waals surface area (Å²) in [6.07, 6.45) is 5.12. The van der Waals surface area contributed by atoms with Gasteiger partial charge in [0.05, 0.1) is 0 Å². The summed E-state index contributed by atoms with van der Waals surface area (Å²) in [5.74, 6) is 0.821. The van der Waals surface area contributed by atoms with Crippen molar-refractivity contribution in [3.05, 3.63) is 88.5 Å². The number of rotatable bonds is 5. The van der Waals surface area contributed by atoms with E-state index in [9.17, 15) is 4.39 Å². The molecule has 1 aromatic heterocycles. The molecule has 0 saturated carbocycles. The topological polar surface area (TPSA) is 51.3 Å². The van der Waals surface area contributed by atoms with Gasteiger partial charge < -0.3 is 5.73 Å². The number of hydrogen-bond acceptors (Lipinski definition) is 3. The van der Waals surface area contributed by atoms with Crippen molar-refractivity contribution >= 4 is 18.1 Å². The lowest BCUT2D eigenvalue weighted by molar-refractivity contribution is 0.628. The van der Waals surface area contributed by atoms with Gasteiger partial charge in [0.15, 0.2) is 5.82 Å². The lowest BCUT2D eigenvalue weighted by Gasteiger charge is -2.10. The monoisotopic (exact) mass is 387 g/mol. The largest absolute Gasteiger partial charge is 0.405 e. The first-order valence-electron chi connectivity index (χ1n) is 9.69. The Labute approximate surface area is 171 Å². The van der Waals surface area contributed by atoms with E-state index in [2.05, 4.69) is 29.9 Å². The van der Waals surface area contributed by atoms with Gasteiger partial charge in [-0.3, -0.25) is 0 Å². The van der Waals surface area contributed by atoms with Gasteiger partial charge in [-0.2, -0.15) is 0 Å². The molecule has 0 spiro atoms. The van der Waals surface area contributed by atoms with Gasteiger partial charge in [-0.05, 0) is 90.2 Å². The van der Waals surface area contributed by atoms with Gasteiger partial charge in [0.1, 0.15) is 5.82 Å². The minimum absolute atomic E-state index is 0.253. The Bertz CT molecular complexity index is 1080. The van der Waals surface area contributed by atoms with E-state index in [0.717, 1.165) is 33.5 Å². The van der Waals surface area contributed by atoms with Gasteiger partial charge in [0.2, 0.25) is 0 Å². The molecule has 1 heterocycles. The van der Waals surface area contributed by atoms with Crippen LogP contribution in [0.4, 0.5) is 10.2 Å². The van der Waals surface area contributed by atoms with Crippen molar-refractivity contribution < 1.29 is 4.39 Å². The molecule has 3 rings (SSSR count). The van der Waals surface area contributed by atoms with Crippen LogP contribution in [0.3, 0.4) is 0 Å². The molecule has 0 saturated heterocycles. The Morgan fingerprint density at radius 3 is 2.52 bits per heavy atom. The zero-order chi connectivity index (χ0) is 21.0. The van der Waals surface area contributed by atoms with Crippen molar-refractivity contribution in [3.8, 4) is 11.1 Å². The Morgan fingerprint density at radius 1 is 1.00 bits per heavy atom. The third-order valence-electron chi connectivity index (χ3n) is 4.84. The lowest BCUT2D eigenvalue weighted by Crippen LogP contribution is -1.94. The Kier molecular flexibility index (Phi) is 6.23. The highest BCUT2D eigenvalue weighted by Crippen LogP contribution is 2.27. The van der Waals surface area contributed by atoms with Crippen molar-refractivity contribution in [2.24, 2.45) is 10.7 Å². The zero-order valence-electron chi connectivity index (χ0n) is 17.3. The van der Waals surface area contributed by atoms with Gasteiger partial charge in [-0.25, -0.2) is 14.4 Å². The summed E-state index contributed by atoms with van der Waals surface area (Å²) in [5.41, 5.74) is 12.4. The Morgan fingerprint density at radius 2 is 1.79 bits per heavy atom. The maximum absolute atomic E-state index is 13.8. The number of nitrogens with zero attached hydrogens (tertiary/aromatic N) is 2. The van der Waals surface area contributed by atoms with Gasteiger partial charge >= 0.3 is 0 Å². The van der Waals surface area contributed by atoms with E-state index >= 15 is 0 Å². The molecule has 0 atom stereocenters. The fraction of sp³-hybridized carbons (Fsp3) is 0.200. The maximum Gasteiger partial charge on any atom is 0.152 e. The third kappa shape index (κ3) is 4.96. The van der Waals surface area contributed by atoms with Crippen LogP contribution in [-0.2, 0) is 0 Å². The molecule has 148 valence electrons. The van der Waals surface area contributed by atoms with Gasteiger partial charge in [-0.1, -0.05) is 32.0 Å². The molecule has 0 fully saturated rings. The maximum atomic E-state index is 13.8. The Balaban J connectivity index is 2.05. The molecule has 4 heteroatoms. The molecule has 2 N–H and O–H groups in total. The van der Waals surface area contributed by atoms with Crippen LogP contribution in [0.1, 0.15) is 47.7 Å². The van der Waals surface area contributed by atoms with Crippen LogP contribution >= 0.6 is 0 Å². The van der Waals surface area contributed by atoms with E-state index in [1.165, 1.54) is 17.8 Å². The van der Waals surface area contributed by atoms with Crippen LogP contribution in [0, 0.1) is 19.7 Å². The summed E-state index contributed by atoms with van der Waals surface area (Å²) in [4.78, 5) is 9.14. The fourth-order valence-electron chi connectivity index (χ4n) is 3.23. The number of halogens is 1. The number of pyridine rings is 1. The SMILES string of the molecule is Cc1cc(C(C)C)cc(/N=C\c2cc(-c3cc(F)ccc3C)ccc2/C=C/N)n1. The first-order chi connectivity index (χ1) is 13.9. The standard InChI is InChI=1S/C25H26FN3/c1-16(2)21-11-18(4)29-25(13-21)28-15-22-12-20(7-6-19(22)9-10-27)24-14-23(26)8-5-17(24)3/h5-16H,27H2,1-4H3/b10-9+,28-15-. The number of aliphatic imine (C=N–C) groups is 1. The summed E-state index contributed by atoms with van der Waals surface area (Å²) >= 11 is 0. The van der Waals surface area contributed by atoms with E-state index in [1.54, 1.807) is 18.3 Å². The molecule has 3 aromatic rings. The highest BCUT2D eigenvalue weighted by Gasteiger charge is 2.07. The van der Waals surface area contributed by atoms with Crippen molar-refractivity contribution in [1.29, 1.82) is 0 Å². The predicted molar refractivity (Wildman–Crippen MR) is 120 cm³/mol. The minimum Gasteiger partial charge on any atom is -0.405 e. The van der Waals surface area contributed by atoms with E-state index < -0.39 is 0 Å². The first-order valence-corrected chi connectivity index (χ1v) is 9.69. The minimum atomic E-state index is -0.253. The van der Waals surface area contributed by atoms with E-state index in [4.69, 9.17) is 5.73 Å². The molecule has 2 aromatic carbocycles. The predicted octanol–water partition coefficient (Wildman–Crippen LogP) is 6.31. The number of aryl methyl sites for hydroxylation is 2. The van der Waals surface area contributed by atoms with Crippen LogP contribution in [0.2, 0.25) is 0 Å². The molecule has 0 radical (unpaired) electrons. The summed E-state index contributed by atoms with van der Waals surface area (Å²) in [6.45, 7) is 8.25. The molecule has 29 heavy (non-hydrogen) atoms. The van der Waals surface area contributed by atoms with Crippen LogP contribution in [0.15, 0.2) is 59.7 Å². The lowest BCUT2D eigenvalue weighted by atomic mass is 9.96. The zero-order valence-corrected chi connectivity index (χ0v) is 17.3. The highest BCUT2D eigenvalue weighted by molar-refractivity contribution is 5.89. The van der Waals surface area contributed by atoms with Gasteiger partial charge in [0.25, 0.3) is 0 Å². The summed E-state index contributed by atoms with van der Waals surface area (Å²) in [7, 11) is 0. The van der Waals surface area contributed by atoms with E-state index in [0.29, 0.717) is 11.7 Å². The molecule has 0 bridgehead atoms. The molecule has 0 aliphatic rings. The molecule has 0 unspecified atom stereocenters. The number of benzene rings is 2. The first kappa shape index (κ1) is 20.5. The van der Waals surface area contributed by atoms with Crippen LogP contribution in [-0.4, -0.2) is 11.2 Å². The molecular weight excluding hydrogens is 361 g/mol. The van der Waals surface area contributed by atoms with Crippen molar-refractivity contribution in [1.82, 2.24) is 4.98 Å². The van der Waals surface area contributed by atoms with Crippen molar-refractivity contribution in [2.75, 3.05) is 0 Å². The van der Waals surface area contributed by atoms with Gasteiger partial charge in [0, 0.05) is 17.5 Å². The van der Waals surface area contributed by atoms with Crippen LogP contribution in [0.5, 0.6) is 0 Å². The quantitative estimate of drug-likeness (QED) is 0.522. The summed E-state index contributed by atoms with van der Waals surface area (Å²) in [6, 6.07) is 14.8. The Hall–Kier alpha value is -3.27. The fourth-order valence-corrected chi connectivity index (χ4v) is 3.23. The second kappa shape index (κ2) is 8.82. The molecule has 0 amide bonds. The average molecular weight is 388 g/mol. The summed E-state index contributed by atoms with van der Waals surface area (Å²) in [5, 5.41) is 0. The molecule has 3 nitrogen and oxygen atoms in total. The van der Waals surface area contributed by atoms with Gasteiger partial charge in [-0.15, -0.1) is 0 Å². The van der Waals surface area contributed by atoms with E-state index in [-0.39, 0.29) is 5.82 Å². The summed E-state index contributed by atoms with van der Waals surface area (Å²) < 4.78 is 13.8. The van der Waals surface area contributed by atoms with Crippen LogP contribution in [0.25, 0.3) is 17.2 Å². The number of hydrogen-bond donors (Lipinski definition) is 1. The molecule has 0 aliphatic heterocycles. The average Bonchev–Trinajstić information content (AvgIpc) is 2.69. The molecule has 0 aliphatic carbocycles. The third-order valence-corrected chi connectivity index (χ3v) is 4.84. The normalized spacial score (nSPS) is 11.8. The smallest absolute Gasteiger partial charge is 0.152 e. The molecular formula is C25H26FN3. The second-order valence-electron chi connectivity index (χ2n) is 7.48. The van der Waals surface area contributed by atoms with Crippen molar-refractivity contribution in [3.63, 3.8) is 0 Å². The number of aromatic nitrogens is 1. The van der Waals surface area contributed by atoms with Crippen molar-refractivity contribution in [2.45, 2.75) is 33.6 Å². The van der Waals surface area contributed by atoms with Crippen LogP contribution < -0.4 is 5.73 Å². The van der Waals surface area contributed by atoms with E-state index in [1.807, 2.05) is 44.2 Å². The number of nitrogens with two attached hydrogens (primary N) is 1. The second-order valence-corrected chi connectivity index (χ2v) is 7.48. The highest BCUT2D eigenvalue weighted by atomic mass is 19.1.